The fourth-order valence-corrected chi connectivity index (χ4v) is 3.43. The van der Waals surface area contributed by atoms with E-state index in [1.807, 2.05) is 24.3 Å². The SMILES string of the molecule is c1ccc2c(c1)OC(OC1CC3CCC1C3)O2. The second-order valence-electron chi connectivity index (χ2n) is 5.32. The third kappa shape index (κ3) is 1.61. The first kappa shape index (κ1) is 9.77. The van der Waals surface area contributed by atoms with Crippen molar-refractivity contribution in [2.75, 3.05) is 0 Å². The van der Waals surface area contributed by atoms with Crippen molar-refractivity contribution in [3.63, 3.8) is 0 Å². The molecule has 0 amide bonds. The number of hydrogen-bond acceptors (Lipinski definition) is 3. The van der Waals surface area contributed by atoms with E-state index in [0.717, 1.165) is 23.3 Å². The van der Waals surface area contributed by atoms with Gasteiger partial charge in [0.15, 0.2) is 11.5 Å². The smallest absolute Gasteiger partial charge is 0.361 e. The summed E-state index contributed by atoms with van der Waals surface area (Å²) in [7, 11) is 0. The van der Waals surface area contributed by atoms with Crippen LogP contribution in [0.4, 0.5) is 0 Å². The Bertz CT molecular complexity index is 406. The monoisotopic (exact) mass is 232 g/mol. The lowest BCUT2D eigenvalue weighted by Crippen LogP contribution is -2.31. The Balaban J connectivity index is 1.43. The Morgan fingerprint density at radius 3 is 2.35 bits per heavy atom. The van der Waals surface area contributed by atoms with Gasteiger partial charge in [-0.2, -0.15) is 0 Å². The molecule has 2 fully saturated rings. The predicted octanol–water partition coefficient (Wildman–Crippen LogP) is 2.95. The van der Waals surface area contributed by atoms with Crippen LogP contribution in [0.3, 0.4) is 0 Å². The summed E-state index contributed by atoms with van der Waals surface area (Å²) in [5, 5.41) is 0. The molecule has 1 heterocycles. The van der Waals surface area contributed by atoms with Gasteiger partial charge in [0.1, 0.15) is 0 Å². The van der Waals surface area contributed by atoms with Crippen LogP contribution in [-0.2, 0) is 4.74 Å². The average Bonchev–Trinajstić information content (AvgIpc) is 3.01. The Labute approximate surface area is 101 Å². The van der Waals surface area contributed by atoms with Gasteiger partial charge in [-0.15, -0.1) is 0 Å². The molecule has 3 aliphatic rings. The topological polar surface area (TPSA) is 27.7 Å². The van der Waals surface area contributed by atoms with Crippen molar-refractivity contribution in [2.45, 2.75) is 38.3 Å². The minimum atomic E-state index is -0.531. The molecule has 4 rings (SSSR count). The lowest BCUT2D eigenvalue weighted by Gasteiger charge is -2.24. The standard InChI is InChI=1S/C14H16O3/c1-2-4-12-11(3-1)15-14(16-12)17-13-8-9-5-6-10(13)7-9/h1-4,9-10,13-14H,5-8H2. The summed E-state index contributed by atoms with van der Waals surface area (Å²) < 4.78 is 17.2. The fourth-order valence-electron chi connectivity index (χ4n) is 3.43. The minimum absolute atomic E-state index is 0.341. The summed E-state index contributed by atoms with van der Waals surface area (Å²) in [4.78, 5) is 0. The summed E-state index contributed by atoms with van der Waals surface area (Å²) in [5.41, 5.74) is 0. The van der Waals surface area contributed by atoms with Crippen molar-refractivity contribution < 1.29 is 14.2 Å². The molecule has 1 aromatic carbocycles. The average molecular weight is 232 g/mol. The summed E-state index contributed by atoms with van der Waals surface area (Å²) in [6, 6.07) is 7.73. The minimum Gasteiger partial charge on any atom is -0.428 e. The third-order valence-electron chi connectivity index (χ3n) is 4.25. The zero-order valence-electron chi connectivity index (χ0n) is 9.67. The van der Waals surface area contributed by atoms with Crippen molar-refractivity contribution >= 4 is 0 Å². The highest BCUT2D eigenvalue weighted by molar-refractivity contribution is 5.41. The van der Waals surface area contributed by atoms with Crippen LogP contribution in [0.1, 0.15) is 25.7 Å². The van der Waals surface area contributed by atoms with Crippen molar-refractivity contribution in [3.8, 4) is 11.5 Å². The first-order chi connectivity index (χ1) is 8.38. The molecule has 2 saturated carbocycles. The first-order valence-electron chi connectivity index (χ1n) is 6.46. The molecule has 2 aliphatic carbocycles. The summed E-state index contributed by atoms with van der Waals surface area (Å²) >= 11 is 0. The predicted molar refractivity (Wildman–Crippen MR) is 61.8 cm³/mol. The molecular weight excluding hydrogens is 216 g/mol. The van der Waals surface area contributed by atoms with E-state index in [0.29, 0.717) is 6.10 Å². The number of para-hydroxylation sites is 2. The molecule has 1 aromatic rings. The molecule has 90 valence electrons. The van der Waals surface area contributed by atoms with Crippen LogP contribution in [0.25, 0.3) is 0 Å². The molecule has 3 heteroatoms. The van der Waals surface area contributed by atoms with Crippen LogP contribution in [0, 0.1) is 11.8 Å². The van der Waals surface area contributed by atoms with E-state index in [-0.39, 0.29) is 0 Å². The van der Waals surface area contributed by atoms with Gasteiger partial charge in [0.25, 0.3) is 0 Å². The second kappa shape index (κ2) is 3.64. The molecular formula is C14H16O3. The molecule has 0 saturated heterocycles. The zero-order valence-corrected chi connectivity index (χ0v) is 9.67. The van der Waals surface area contributed by atoms with E-state index >= 15 is 0 Å². The molecule has 3 unspecified atom stereocenters. The third-order valence-corrected chi connectivity index (χ3v) is 4.25. The van der Waals surface area contributed by atoms with E-state index in [4.69, 9.17) is 14.2 Å². The lowest BCUT2D eigenvalue weighted by atomic mass is 9.98. The Kier molecular flexibility index (Phi) is 2.09. The van der Waals surface area contributed by atoms with Crippen LogP contribution in [0.5, 0.6) is 11.5 Å². The number of ether oxygens (including phenoxy) is 3. The summed E-state index contributed by atoms with van der Waals surface area (Å²) in [6.07, 6.45) is 5.56. The van der Waals surface area contributed by atoms with Gasteiger partial charge in [-0.1, -0.05) is 12.1 Å². The van der Waals surface area contributed by atoms with Crippen LogP contribution in [0.15, 0.2) is 24.3 Å². The van der Waals surface area contributed by atoms with E-state index in [1.54, 1.807) is 0 Å². The van der Waals surface area contributed by atoms with Crippen molar-refractivity contribution in [2.24, 2.45) is 11.8 Å². The molecule has 2 bridgehead atoms. The highest BCUT2D eigenvalue weighted by Gasteiger charge is 2.42. The fraction of sp³-hybridized carbons (Fsp3) is 0.571. The Hall–Kier alpha value is -1.22. The lowest BCUT2D eigenvalue weighted by molar-refractivity contribution is -0.213. The number of rotatable bonds is 2. The van der Waals surface area contributed by atoms with Crippen molar-refractivity contribution in [3.05, 3.63) is 24.3 Å². The molecule has 0 aromatic heterocycles. The molecule has 3 nitrogen and oxygen atoms in total. The van der Waals surface area contributed by atoms with Gasteiger partial charge >= 0.3 is 6.48 Å². The van der Waals surface area contributed by atoms with Crippen LogP contribution < -0.4 is 9.47 Å². The van der Waals surface area contributed by atoms with Gasteiger partial charge in [0, 0.05) is 0 Å². The Morgan fingerprint density at radius 1 is 1.00 bits per heavy atom. The van der Waals surface area contributed by atoms with Crippen LogP contribution in [0.2, 0.25) is 0 Å². The molecule has 3 atom stereocenters. The van der Waals surface area contributed by atoms with Crippen molar-refractivity contribution in [1.82, 2.24) is 0 Å². The van der Waals surface area contributed by atoms with Crippen LogP contribution in [-0.4, -0.2) is 12.6 Å². The number of fused-ring (bicyclic) bond motifs is 3. The summed E-state index contributed by atoms with van der Waals surface area (Å²) in [6.45, 7) is -0.531. The summed E-state index contributed by atoms with van der Waals surface area (Å²) in [5.74, 6) is 3.20. The Morgan fingerprint density at radius 2 is 1.76 bits per heavy atom. The maximum Gasteiger partial charge on any atom is 0.361 e. The van der Waals surface area contributed by atoms with E-state index in [9.17, 15) is 0 Å². The zero-order chi connectivity index (χ0) is 11.2. The maximum atomic E-state index is 5.94. The van der Waals surface area contributed by atoms with Gasteiger partial charge in [-0.25, -0.2) is 0 Å². The van der Waals surface area contributed by atoms with Gasteiger partial charge in [-0.3, -0.25) is 0 Å². The van der Waals surface area contributed by atoms with E-state index in [2.05, 4.69) is 0 Å². The first-order valence-corrected chi connectivity index (χ1v) is 6.46. The largest absolute Gasteiger partial charge is 0.428 e. The highest BCUT2D eigenvalue weighted by atomic mass is 16.9. The van der Waals surface area contributed by atoms with Gasteiger partial charge in [0.05, 0.1) is 6.10 Å². The highest BCUT2D eigenvalue weighted by Crippen LogP contribution is 2.47. The van der Waals surface area contributed by atoms with Gasteiger partial charge < -0.3 is 14.2 Å². The molecule has 0 spiro atoms. The van der Waals surface area contributed by atoms with Crippen LogP contribution >= 0.6 is 0 Å². The van der Waals surface area contributed by atoms with Crippen molar-refractivity contribution in [1.29, 1.82) is 0 Å². The molecule has 0 radical (unpaired) electrons. The normalized spacial score (nSPS) is 34.5. The maximum absolute atomic E-state index is 5.94. The molecule has 0 N–H and O–H groups in total. The number of benzene rings is 1. The van der Waals surface area contributed by atoms with E-state index in [1.165, 1.54) is 25.7 Å². The molecule has 17 heavy (non-hydrogen) atoms. The molecule has 1 aliphatic heterocycles. The van der Waals surface area contributed by atoms with Gasteiger partial charge in [0.2, 0.25) is 0 Å². The number of hydrogen-bond donors (Lipinski definition) is 0. The van der Waals surface area contributed by atoms with Gasteiger partial charge in [-0.05, 0) is 49.7 Å². The van der Waals surface area contributed by atoms with E-state index < -0.39 is 6.48 Å². The second-order valence-corrected chi connectivity index (χ2v) is 5.32. The quantitative estimate of drug-likeness (QED) is 0.784.